The van der Waals surface area contributed by atoms with Gasteiger partial charge in [0.1, 0.15) is 0 Å². The predicted molar refractivity (Wildman–Crippen MR) is 97.2 cm³/mol. The first-order valence-corrected chi connectivity index (χ1v) is 8.01. The van der Waals surface area contributed by atoms with Crippen molar-refractivity contribution in [3.05, 3.63) is 72.6 Å². The third-order valence-corrected chi connectivity index (χ3v) is 3.97. The van der Waals surface area contributed by atoms with E-state index in [2.05, 4.69) is 15.4 Å². The minimum absolute atomic E-state index is 0.229. The lowest BCUT2D eigenvalue weighted by Gasteiger charge is -2.09. The van der Waals surface area contributed by atoms with Crippen LogP contribution in [0.1, 0.15) is 10.4 Å². The van der Waals surface area contributed by atoms with Crippen LogP contribution in [0, 0.1) is 0 Å². The Bertz CT molecular complexity index is 1110. The molecule has 0 saturated heterocycles. The topological polar surface area (TPSA) is 81.8 Å². The molecule has 4 rings (SSSR count). The summed E-state index contributed by atoms with van der Waals surface area (Å²) in [5.41, 5.74) is 2.63. The molecule has 0 unspecified atom stereocenters. The molecule has 2 heterocycles. The summed E-state index contributed by atoms with van der Waals surface area (Å²) in [4.78, 5) is 29.2. The molecule has 0 saturated carbocycles. The van der Waals surface area contributed by atoms with Gasteiger partial charge in [0.25, 0.3) is 11.7 Å². The van der Waals surface area contributed by atoms with Crippen LogP contribution in [0.3, 0.4) is 0 Å². The van der Waals surface area contributed by atoms with Gasteiger partial charge in [-0.05, 0) is 24.3 Å². The van der Waals surface area contributed by atoms with Crippen LogP contribution in [0.5, 0.6) is 0 Å². The molecular weight excluding hydrogens is 330 g/mol. The Hall–Kier alpha value is -3.74. The van der Waals surface area contributed by atoms with Crippen LogP contribution in [0.4, 0.5) is 5.95 Å². The fraction of sp³-hybridized carbons (Fsp3) is 0.0526. The fourth-order valence-corrected chi connectivity index (χ4v) is 2.78. The van der Waals surface area contributed by atoms with E-state index in [9.17, 15) is 9.59 Å². The van der Waals surface area contributed by atoms with E-state index in [1.807, 2.05) is 59.2 Å². The predicted octanol–water partition coefficient (Wildman–Crippen LogP) is 2.58. The lowest BCUT2D eigenvalue weighted by atomic mass is 10.2. The van der Waals surface area contributed by atoms with Crippen molar-refractivity contribution in [1.82, 2.24) is 19.3 Å². The molecule has 0 atom stereocenters. The summed E-state index contributed by atoms with van der Waals surface area (Å²) in [6, 6.07) is 17.1. The average molecular weight is 345 g/mol. The molecule has 0 spiro atoms. The molecule has 0 bridgehead atoms. The standard InChI is InChI=1S/C19H15N5O2/c1-23-12-13(11-20-23)17(25)18(26)22-19-21-15-9-5-6-10-16(15)24(19)14-7-3-2-4-8-14/h2-12H,1H3,(H,21,22,26). The van der Waals surface area contributed by atoms with Gasteiger partial charge in [0.2, 0.25) is 5.95 Å². The van der Waals surface area contributed by atoms with Crippen LogP contribution in [-0.4, -0.2) is 31.0 Å². The van der Waals surface area contributed by atoms with Crippen LogP contribution < -0.4 is 5.32 Å². The normalized spacial score (nSPS) is 10.8. The van der Waals surface area contributed by atoms with Gasteiger partial charge in [0.15, 0.2) is 0 Å². The largest absolute Gasteiger partial charge is 0.299 e. The number of para-hydroxylation sites is 3. The van der Waals surface area contributed by atoms with Crippen molar-refractivity contribution < 1.29 is 9.59 Å². The van der Waals surface area contributed by atoms with Crippen molar-refractivity contribution in [2.75, 3.05) is 5.32 Å². The molecule has 4 aromatic rings. The number of benzene rings is 2. The van der Waals surface area contributed by atoms with Gasteiger partial charge in [-0.25, -0.2) is 4.98 Å². The van der Waals surface area contributed by atoms with Crippen LogP contribution in [0.2, 0.25) is 0 Å². The molecule has 2 aromatic carbocycles. The summed E-state index contributed by atoms with van der Waals surface area (Å²) in [6.45, 7) is 0. The van der Waals surface area contributed by atoms with Gasteiger partial charge in [0.05, 0.1) is 22.8 Å². The fourth-order valence-electron chi connectivity index (χ4n) is 2.78. The zero-order valence-electron chi connectivity index (χ0n) is 14.0. The Morgan fingerprint density at radius 2 is 1.73 bits per heavy atom. The second kappa shape index (κ2) is 6.29. The number of amides is 1. The minimum Gasteiger partial charge on any atom is -0.289 e. The van der Waals surface area contributed by atoms with Gasteiger partial charge < -0.3 is 0 Å². The maximum absolute atomic E-state index is 12.4. The molecule has 7 heteroatoms. The summed E-state index contributed by atoms with van der Waals surface area (Å²) in [7, 11) is 1.68. The van der Waals surface area contributed by atoms with E-state index in [0.29, 0.717) is 5.95 Å². The zero-order valence-corrected chi connectivity index (χ0v) is 14.0. The van der Waals surface area contributed by atoms with Gasteiger partial charge in [-0.3, -0.25) is 24.2 Å². The highest BCUT2D eigenvalue weighted by Gasteiger charge is 2.21. The Morgan fingerprint density at radius 1 is 1.00 bits per heavy atom. The number of ketones is 1. The van der Waals surface area contributed by atoms with Crippen molar-refractivity contribution >= 4 is 28.7 Å². The molecule has 1 amide bonds. The third kappa shape index (κ3) is 2.75. The zero-order chi connectivity index (χ0) is 18.1. The molecule has 2 aromatic heterocycles. The highest BCUT2D eigenvalue weighted by atomic mass is 16.2. The van der Waals surface area contributed by atoms with Gasteiger partial charge >= 0.3 is 0 Å². The van der Waals surface area contributed by atoms with Crippen molar-refractivity contribution in [1.29, 1.82) is 0 Å². The molecule has 0 fully saturated rings. The molecule has 0 aliphatic carbocycles. The van der Waals surface area contributed by atoms with Crippen LogP contribution in [-0.2, 0) is 11.8 Å². The number of rotatable bonds is 4. The summed E-state index contributed by atoms with van der Waals surface area (Å²) in [5.74, 6) is -1.13. The summed E-state index contributed by atoms with van der Waals surface area (Å²) < 4.78 is 3.28. The van der Waals surface area contributed by atoms with Crippen molar-refractivity contribution in [3.63, 3.8) is 0 Å². The quantitative estimate of drug-likeness (QED) is 0.455. The Balaban J connectivity index is 1.74. The lowest BCUT2D eigenvalue weighted by Crippen LogP contribution is -2.24. The third-order valence-electron chi connectivity index (χ3n) is 3.97. The second-order valence-electron chi connectivity index (χ2n) is 5.78. The number of aryl methyl sites for hydroxylation is 1. The number of carbonyl (C=O) groups excluding carboxylic acids is 2. The Labute approximate surface area is 148 Å². The van der Waals surface area contributed by atoms with Gasteiger partial charge in [-0.15, -0.1) is 0 Å². The number of carbonyl (C=O) groups is 2. The number of hydrogen-bond acceptors (Lipinski definition) is 4. The molecule has 0 radical (unpaired) electrons. The van der Waals surface area contributed by atoms with E-state index < -0.39 is 11.7 Å². The van der Waals surface area contributed by atoms with Crippen LogP contribution in [0.15, 0.2) is 67.0 Å². The molecule has 128 valence electrons. The number of Topliss-reactive ketones (excluding diaryl/α,β-unsaturated/α-hetero) is 1. The molecule has 1 N–H and O–H groups in total. The number of hydrogen-bond donors (Lipinski definition) is 1. The Morgan fingerprint density at radius 3 is 2.46 bits per heavy atom. The van der Waals surface area contributed by atoms with Crippen molar-refractivity contribution in [3.8, 4) is 5.69 Å². The molecule has 26 heavy (non-hydrogen) atoms. The Kier molecular flexibility index (Phi) is 3.81. The highest BCUT2D eigenvalue weighted by molar-refractivity contribution is 6.46. The van der Waals surface area contributed by atoms with Crippen molar-refractivity contribution in [2.45, 2.75) is 0 Å². The smallest absolute Gasteiger partial charge is 0.289 e. The highest BCUT2D eigenvalue weighted by Crippen LogP contribution is 2.24. The summed E-state index contributed by atoms with van der Waals surface area (Å²) >= 11 is 0. The average Bonchev–Trinajstić information content (AvgIpc) is 3.25. The molecule has 7 nitrogen and oxygen atoms in total. The van der Waals surface area contributed by atoms with E-state index in [4.69, 9.17) is 0 Å². The van der Waals surface area contributed by atoms with Crippen LogP contribution in [0.25, 0.3) is 16.7 Å². The van der Waals surface area contributed by atoms with E-state index in [1.54, 1.807) is 7.05 Å². The van der Waals surface area contributed by atoms with E-state index >= 15 is 0 Å². The summed E-state index contributed by atoms with van der Waals surface area (Å²) in [6.07, 6.45) is 2.87. The monoisotopic (exact) mass is 345 g/mol. The number of aromatic nitrogens is 4. The molecule has 0 aliphatic rings. The number of fused-ring (bicyclic) bond motifs is 1. The van der Waals surface area contributed by atoms with Gasteiger partial charge in [-0.1, -0.05) is 30.3 Å². The van der Waals surface area contributed by atoms with Crippen molar-refractivity contribution in [2.24, 2.45) is 7.05 Å². The van der Waals surface area contributed by atoms with Gasteiger partial charge in [0, 0.05) is 18.9 Å². The van der Waals surface area contributed by atoms with Crippen LogP contribution >= 0.6 is 0 Å². The van der Waals surface area contributed by atoms with E-state index in [0.717, 1.165) is 16.7 Å². The maximum atomic E-state index is 12.4. The number of nitrogens with one attached hydrogen (secondary N) is 1. The number of nitrogens with zero attached hydrogens (tertiary/aromatic N) is 4. The SMILES string of the molecule is Cn1cc(C(=O)C(=O)Nc2nc3ccccc3n2-c2ccccc2)cn1. The number of anilines is 1. The maximum Gasteiger partial charge on any atom is 0.299 e. The molecule has 0 aliphatic heterocycles. The first-order valence-electron chi connectivity index (χ1n) is 8.01. The molecular formula is C19H15N5O2. The second-order valence-corrected chi connectivity index (χ2v) is 5.78. The van der Waals surface area contributed by atoms with Gasteiger partial charge in [-0.2, -0.15) is 5.10 Å². The van der Waals surface area contributed by atoms with E-state index in [1.165, 1.54) is 17.1 Å². The lowest BCUT2D eigenvalue weighted by molar-refractivity contribution is -0.112. The van der Waals surface area contributed by atoms with E-state index in [-0.39, 0.29) is 5.56 Å². The number of imidazole rings is 1. The first-order chi connectivity index (χ1) is 12.6. The minimum atomic E-state index is -0.759. The first kappa shape index (κ1) is 15.8. The summed E-state index contributed by atoms with van der Waals surface area (Å²) in [5, 5.41) is 6.55.